The van der Waals surface area contributed by atoms with Crippen molar-refractivity contribution in [2.45, 2.75) is 50.9 Å². The van der Waals surface area contributed by atoms with E-state index in [1.165, 1.54) is 18.2 Å². The molecule has 1 N–H and O–H groups in total. The Morgan fingerprint density at radius 1 is 0.956 bits per heavy atom. The Morgan fingerprint density at radius 3 is 2.33 bits per heavy atom. The maximum Gasteiger partial charge on any atom is 0.416 e. The molecule has 2 amide bonds. The second kappa shape index (κ2) is 12.5. The number of halogens is 4. The third kappa shape index (κ3) is 6.09. The number of benzene rings is 3. The summed E-state index contributed by atoms with van der Waals surface area (Å²) in [5.41, 5.74) is 1.56. The number of anilines is 1. The number of likely N-dealkylation sites (N-methyl/N-ethyl adjacent to an activating group) is 1. The lowest BCUT2D eigenvalue weighted by molar-refractivity contribution is -0.137. The average Bonchev–Trinajstić information content (AvgIpc) is 3.40. The number of piperidine rings is 1. The largest absolute Gasteiger partial charge is 0.416 e. The van der Waals surface area contributed by atoms with Gasteiger partial charge in [0.2, 0.25) is 0 Å². The lowest BCUT2D eigenvalue weighted by Crippen LogP contribution is -2.55. The summed E-state index contributed by atoms with van der Waals surface area (Å²) >= 11 is 0. The molecule has 45 heavy (non-hydrogen) atoms. The fourth-order valence-corrected chi connectivity index (χ4v) is 6.36. The molecule has 3 heterocycles. The summed E-state index contributed by atoms with van der Waals surface area (Å²) in [5, 5.41) is 7.83. The molecule has 2 atom stereocenters. The van der Waals surface area contributed by atoms with Crippen molar-refractivity contribution in [3.05, 3.63) is 113 Å². The van der Waals surface area contributed by atoms with E-state index in [0.29, 0.717) is 29.2 Å². The topological polar surface area (TPSA) is 70.5 Å². The fraction of sp³-hybridized carbons (Fsp3) is 0.324. The molecule has 234 valence electrons. The van der Waals surface area contributed by atoms with Crippen molar-refractivity contribution in [2.75, 3.05) is 24.5 Å². The van der Waals surface area contributed by atoms with E-state index in [1.54, 1.807) is 21.7 Å². The molecule has 2 aliphatic rings. The van der Waals surface area contributed by atoms with Crippen LogP contribution in [0.5, 0.6) is 0 Å². The first kappa shape index (κ1) is 30.5. The molecule has 0 aliphatic carbocycles. The average molecular weight is 620 g/mol. The summed E-state index contributed by atoms with van der Waals surface area (Å²) in [5.74, 6) is -1.96. The Morgan fingerprint density at radius 2 is 1.67 bits per heavy atom. The van der Waals surface area contributed by atoms with Crippen LogP contribution >= 0.6 is 0 Å². The van der Waals surface area contributed by atoms with Crippen LogP contribution in [0, 0.1) is 5.82 Å². The number of nitrogens with one attached hydrogen (secondary N) is 1. The monoisotopic (exact) mass is 619 g/mol. The van der Waals surface area contributed by atoms with Gasteiger partial charge in [-0.2, -0.15) is 18.3 Å². The molecule has 3 aromatic carbocycles. The highest BCUT2D eigenvalue weighted by molar-refractivity contribution is 6.05. The molecule has 1 saturated heterocycles. The number of hydrogen-bond donors (Lipinski definition) is 1. The van der Waals surface area contributed by atoms with Crippen LogP contribution < -0.4 is 10.2 Å². The van der Waals surface area contributed by atoms with E-state index in [0.717, 1.165) is 56.2 Å². The zero-order valence-corrected chi connectivity index (χ0v) is 24.7. The first-order valence-corrected chi connectivity index (χ1v) is 15.1. The predicted molar refractivity (Wildman–Crippen MR) is 162 cm³/mol. The molecule has 0 spiro atoms. The molecule has 0 unspecified atom stereocenters. The summed E-state index contributed by atoms with van der Waals surface area (Å²) in [6.07, 6.45) is -1.39. The van der Waals surface area contributed by atoms with Crippen LogP contribution in [0.3, 0.4) is 0 Å². The van der Waals surface area contributed by atoms with E-state index < -0.39 is 41.3 Å². The Labute approximate surface area is 258 Å². The number of likely N-dealkylation sites (tertiary alicyclic amines) is 1. The van der Waals surface area contributed by atoms with Crippen LogP contribution in [0.1, 0.15) is 64.8 Å². The van der Waals surface area contributed by atoms with Crippen molar-refractivity contribution in [2.24, 2.45) is 0 Å². The van der Waals surface area contributed by atoms with Crippen molar-refractivity contribution < 1.29 is 27.2 Å². The Balaban J connectivity index is 1.52. The molecule has 0 bridgehead atoms. The second-order valence-corrected chi connectivity index (χ2v) is 11.4. The molecule has 0 radical (unpaired) electrons. The summed E-state index contributed by atoms with van der Waals surface area (Å²) in [6.45, 7) is 4.35. The quantitative estimate of drug-likeness (QED) is 0.246. The maximum absolute atomic E-state index is 14.4. The highest BCUT2D eigenvalue weighted by atomic mass is 19.4. The van der Waals surface area contributed by atoms with Gasteiger partial charge in [-0.05, 0) is 80.9 Å². The molecule has 7 nitrogen and oxygen atoms in total. The van der Waals surface area contributed by atoms with E-state index in [9.17, 15) is 27.2 Å². The Kier molecular flexibility index (Phi) is 8.46. The Bertz CT molecular complexity index is 1680. The van der Waals surface area contributed by atoms with Crippen LogP contribution in [0.2, 0.25) is 0 Å². The van der Waals surface area contributed by atoms with Crippen LogP contribution in [0.25, 0.3) is 5.69 Å². The van der Waals surface area contributed by atoms with Crippen molar-refractivity contribution in [3.63, 3.8) is 0 Å². The predicted octanol–water partition coefficient (Wildman–Crippen LogP) is 6.31. The van der Waals surface area contributed by atoms with Gasteiger partial charge in [-0.3, -0.25) is 19.4 Å². The molecular weight excluding hydrogens is 586 g/mol. The maximum atomic E-state index is 14.4. The number of nitrogens with zero attached hydrogens (tertiary/aromatic N) is 4. The number of fused-ring (bicyclic) bond motifs is 1. The third-order valence-corrected chi connectivity index (χ3v) is 8.51. The third-order valence-electron chi connectivity index (χ3n) is 8.51. The highest BCUT2D eigenvalue weighted by Gasteiger charge is 2.46. The molecule has 6 rings (SSSR count). The van der Waals surface area contributed by atoms with Gasteiger partial charge in [-0.1, -0.05) is 42.8 Å². The zero-order valence-electron chi connectivity index (χ0n) is 24.7. The zero-order chi connectivity index (χ0) is 31.7. The standard InChI is InChI=1S/C34H33F4N5O2/c1-2-42-32-29(27(21-41-18-7-4-8-19-41)40-43(32)26-12-5-3-6-13-26)28(22-14-16-25(35)17-15-22)30(33(42)45)39-31(44)23-10-9-11-24(20-23)34(36,37)38/h3,5-6,9-17,20,28,30H,2,4,7-8,18-19,21H2,1H3,(H,39,44)/t28-,30-/m0/s1. The van der Waals surface area contributed by atoms with Gasteiger partial charge in [-0.25, -0.2) is 9.07 Å². The minimum Gasteiger partial charge on any atom is -0.339 e. The molecular formula is C34H33F4N5O2. The van der Waals surface area contributed by atoms with Gasteiger partial charge in [0.05, 0.1) is 16.9 Å². The van der Waals surface area contributed by atoms with Crippen molar-refractivity contribution >= 4 is 17.6 Å². The first-order chi connectivity index (χ1) is 21.7. The minimum absolute atomic E-state index is 0.224. The minimum atomic E-state index is -4.64. The summed E-state index contributed by atoms with van der Waals surface area (Å²) < 4.78 is 56.3. The molecule has 0 saturated carbocycles. The second-order valence-electron chi connectivity index (χ2n) is 11.4. The number of alkyl halides is 3. The number of hydrogen-bond acceptors (Lipinski definition) is 4. The van der Waals surface area contributed by atoms with Gasteiger partial charge in [0.1, 0.15) is 17.7 Å². The van der Waals surface area contributed by atoms with Crippen LogP contribution in [0.15, 0.2) is 78.9 Å². The van der Waals surface area contributed by atoms with E-state index >= 15 is 0 Å². The van der Waals surface area contributed by atoms with Crippen molar-refractivity contribution in [1.82, 2.24) is 20.0 Å². The summed E-state index contributed by atoms with van der Waals surface area (Å²) in [4.78, 5) is 31.8. The molecule has 4 aromatic rings. The lowest BCUT2D eigenvalue weighted by Gasteiger charge is -2.39. The number of aromatic nitrogens is 2. The van der Waals surface area contributed by atoms with Gasteiger partial charge in [0.25, 0.3) is 11.8 Å². The van der Waals surface area contributed by atoms with Gasteiger partial charge in [0, 0.05) is 30.1 Å². The van der Waals surface area contributed by atoms with Gasteiger partial charge >= 0.3 is 6.18 Å². The number of para-hydroxylation sites is 1. The normalized spacial score (nSPS) is 19.0. The van der Waals surface area contributed by atoms with Crippen molar-refractivity contribution in [3.8, 4) is 5.69 Å². The molecule has 1 fully saturated rings. The number of rotatable bonds is 7. The van der Waals surface area contributed by atoms with E-state index in [-0.39, 0.29) is 12.1 Å². The number of carbonyl (C=O) groups is 2. The molecule has 2 aliphatic heterocycles. The fourth-order valence-electron chi connectivity index (χ4n) is 6.36. The summed E-state index contributed by atoms with van der Waals surface area (Å²) in [6, 6.07) is 18.1. The van der Waals surface area contributed by atoms with Gasteiger partial charge in [-0.15, -0.1) is 0 Å². The first-order valence-electron chi connectivity index (χ1n) is 15.1. The van der Waals surface area contributed by atoms with Gasteiger partial charge in [0.15, 0.2) is 0 Å². The van der Waals surface area contributed by atoms with Crippen LogP contribution in [-0.2, 0) is 17.5 Å². The Hall–Kier alpha value is -4.51. The van der Waals surface area contributed by atoms with Crippen LogP contribution in [-0.4, -0.2) is 52.2 Å². The number of carbonyl (C=O) groups excluding carboxylic acids is 2. The van der Waals surface area contributed by atoms with Crippen molar-refractivity contribution in [1.29, 1.82) is 0 Å². The molecule has 11 heteroatoms. The van der Waals surface area contributed by atoms with E-state index in [4.69, 9.17) is 5.10 Å². The van der Waals surface area contributed by atoms with Crippen LogP contribution in [0.4, 0.5) is 23.4 Å². The van der Waals surface area contributed by atoms with E-state index in [2.05, 4.69) is 10.2 Å². The highest BCUT2D eigenvalue weighted by Crippen LogP contribution is 2.44. The number of amides is 2. The summed E-state index contributed by atoms with van der Waals surface area (Å²) in [7, 11) is 0. The SMILES string of the molecule is CCN1C(=O)[C@@H](NC(=O)c2cccc(C(F)(F)F)c2)[C@@H](c2ccc(F)cc2)c2c(CN3CCCCC3)nn(-c3ccccc3)c21. The lowest BCUT2D eigenvalue weighted by atomic mass is 9.80. The van der Waals surface area contributed by atoms with Gasteiger partial charge < -0.3 is 5.32 Å². The van der Waals surface area contributed by atoms with E-state index in [1.807, 2.05) is 37.3 Å². The molecule has 1 aromatic heterocycles. The smallest absolute Gasteiger partial charge is 0.339 e.